The molecule has 0 aliphatic carbocycles. The van der Waals surface area contributed by atoms with Crippen LogP contribution >= 0.6 is 39.5 Å². The molecule has 7 nitrogen and oxygen atoms in total. The number of nitrogens with one attached hydrogen (secondary N) is 1. The highest BCUT2D eigenvalue weighted by Gasteiger charge is 2.54. The fourth-order valence-electron chi connectivity index (χ4n) is 2.42. The second-order valence-electron chi connectivity index (χ2n) is 4.99. The van der Waals surface area contributed by atoms with Crippen molar-refractivity contribution in [2.45, 2.75) is 17.8 Å². The first-order valence-corrected chi connectivity index (χ1v) is 10.2. The van der Waals surface area contributed by atoms with E-state index in [0.29, 0.717) is 17.1 Å². The number of nitrogens with zero attached hydrogens (tertiary/aromatic N) is 1. The SMILES string of the molecule is CSCC1=C(C(=O)O)N2C(=O)C(NC(=O)CC(=O)CBr)[C@@H]2SC1. The summed E-state index contributed by atoms with van der Waals surface area (Å²) < 4.78 is 0. The van der Waals surface area contributed by atoms with Crippen LogP contribution in [0.4, 0.5) is 0 Å². The van der Waals surface area contributed by atoms with Gasteiger partial charge in [-0.25, -0.2) is 4.79 Å². The van der Waals surface area contributed by atoms with E-state index in [2.05, 4.69) is 21.2 Å². The lowest BCUT2D eigenvalue weighted by atomic mass is 10.0. The summed E-state index contributed by atoms with van der Waals surface area (Å²) in [7, 11) is 0. The highest BCUT2D eigenvalue weighted by molar-refractivity contribution is 9.09. The number of halogens is 1. The molecular weight excluding hydrogens is 408 g/mol. The molecular formula is C13H15BrN2O5S2. The highest BCUT2D eigenvalue weighted by Crippen LogP contribution is 2.40. The molecule has 2 N–H and O–H groups in total. The zero-order valence-corrected chi connectivity index (χ0v) is 15.4. The maximum Gasteiger partial charge on any atom is 0.352 e. The monoisotopic (exact) mass is 422 g/mol. The van der Waals surface area contributed by atoms with E-state index in [-0.39, 0.29) is 23.2 Å². The fraction of sp³-hybridized carbons (Fsp3) is 0.538. The van der Waals surface area contributed by atoms with Gasteiger partial charge in [-0.1, -0.05) is 15.9 Å². The first-order chi connectivity index (χ1) is 10.9. The quantitative estimate of drug-likeness (QED) is 0.348. The molecule has 0 aromatic carbocycles. The number of thioether (sulfide) groups is 2. The third-order valence-corrected chi connectivity index (χ3v) is 5.99. The number of β-lactam (4-membered cyclic amide) rings is 1. The lowest BCUT2D eigenvalue weighted by Crippen LogP contribution is -2.70. The van der Waals surface area contributed by atoms with Gasteiger partial charge >= 0.3 is 5.97 Å². The normalized spacial score (nSPS) is 23.2. The third kappa shape index (κ3) is 3.74. The molecule has 0 aromatic rings. The number of fused-ring (bicyclic) bond motifs is 1. The molecule has 2 aliphatic heterocycles. The van der Waals surface area contributed by atoms with Crippen LogP contribution in [0, 0.1) is 0 Å². The van der Waals surface area contributed by atoms with Gasteiger partial charge in [0.05, 0.1) is 11.8 Å². The summed E-state index contributed by atoms with van der Waals surface area (Å²) in [6.07, 6.45) is 1.57. The molecule has 23 heavy (non-hydrogen) atoms. The zero-order valence-electron chi connectivity index (χ0n) is 12.2. The number of ketones is 1. The maximum absolute atomic E-state index is 12.3. The number of carbonyl (C=O) groups is 4. The van der Waals surface area contributed by atoms with Gasteiger partial charge in [-0.3, -0.25) is 19.3 Å². The molecule has 1 fully saturated rings. The van der Waals surface area contributed by atoms with E-state index in [9.17, 15) is 24.3 Å². The Morgan fingerprint density at radius 1 is 1.48 bits per heavy atom. The molecule has 2 amide bonds. The van der Waals surface area contributed by atoms with Gasteiger partial charge in [-0.15, -0.1) is 11.8 Å². The van der Waals surface area contributed by atoms with E-state index in [1.807, 2.05) is 6.26 Å². The molecule has 2 aliphatic rings. The Hall–Kier alpha value is -1.00. The molecule has 1 unspecified atom stereocenters. The molecule has 0 spiro atoms. The number of carboxylic acid groups (broad SMARTS) is 1. The van der Waals surface area contributed by atoms with Crippen molar-refractivity contribution >= 4 is 63.0 Å². The predicted molar refractivity (Wildman–Crippen MR) is 91.5 cm³/mol. The Morgan fingerprint density at radius 3 is 2.74 bits per heavy atom. The van der Waals surface area contributed by atoms with Gasteiger partial charge in [0.25, 0.3) is 5.91 Å². The number of carbonyl (C=O) groups excluding carboxylic acids is 3. The molecule has 2 heterocycles. The molecule has 2 atom stereocenters. The molecule has 0 aromatic heterocycles. The summed E-state index contributed by atoms with van der Waals surface area (Å²) in [5.41, 5.74) is 0.731. The molecule has 1 saturated heterocycles. The van der Waals surface area contributed by atoms with Crippen molar-refractivity contribution in [2.24, 2.45) is 0 Å². The van der Waals surface area contributed by atoms with Gasteiger partial charge in [-0.2, -0.15) is 11.8 Å². The Kier molecular flexibility index (Phi) is 6.15. The summed E-state index contributed by atoms with van der Waals surface area (Å²) in [5, 5.41) is 11.6. The standard InChI is InChI=1S/C13H15BrN2O5S2/c1-22-4-6-5-23-12-9(15-8(18)2-7(17)3-14)11(19)16(12)10(6)13(20)21/h9,12H,2-5H2,1H3,(H,15,18)(H,20,21)/t9?,12-/m0/s1. The van der Waals surface area contributed by atoms with Crippen LogP contribution in [0.5, 0.6) is 0 Å². The van der Waals surface area contributed by atoms with E-state index in [4.69, 9.17) is 0 Å². The third-order valence-electron chi connectivity index (χ3n) is 3.39. The van der Waals surface area contributed by atoms with Crippen LogP contribution in [0.1, 0.15) is 6.42 Å². The van der Waals surface area contributed by atoms with Gasteiger partial charge in [-0.05, 0) is 11.8 Å². The van der Waals surface area contributed by atoms with Crippen molar-refractivity contribution in [3.63, 3.8) is 0 Å². The Bertz CT molecular complexity index is 595. The topological polar surface area (TPSA) is 104 Å². The molecule has 0 saturated carbocycles. The van der Waals surface area contributed by atoms with Crippen molar-refractivity contribution in [1.29, 1.82) is 0 Å². The van der Waals surface area contributed by atoms with Gasteiger partial charge < -0.3 is 10.4 Å². The molecule has 0 bridgehead atoms. The molecule has 126 valence electrons. The number of hydrogen-bond acceptors (Lipinski definition) is 6. The van der Waals surface area contributed by atoms with Gasteiger partial charge in [0.15, 0.2) is 5.78 Å². The van der Waals surface area contributed by atoms with Crippen molar-refractivity contribution in [1.82, 2.24) is 10.2 Å². The van der Waals surface area contributed by atoms with Crippen molar-refractivity contribution in [3.05, 3.63) is 11.3 Å². The van der Waals surface area contributed by atoms with E-state index >= 15 is 0 Å². The number of aliphatic carboxylic acids is 1. The minimum atomic E-state index is -1.13. The van der Waals surface area contributed by atoms with Crippen LogP contribution in [0.25, 0.3) is 0 Å². The summed E-state index contributed by atoms with van der Waals surface area (Å²) >= 11 is 5.89. The number of rotatable bonds is 7. The van der Waals surface area contributed by atoms with E-state index in [1.165, 1.54) is 28.4 Å². The summed E-state index contributed by atoms with van der Waals surface area (Å²) in [6, 6.07) is -0.777. The predicted octanol–water partition coefficient (Wildman–Crippen LogP) is 0.442. The fourth-order valence-corrected chi connectivity index (χ4v) is 4.68. The largest absolute Gasteiger partial charge is 0.477 e. The average Bonchev–Trinajstić information content (AvgIpc) is 2.51. The average molecular weight is 423 g/mol. The lowest BCUT2D eigenvalue weighted by Gasteiger charge is -2.49. The maximum atomic E-state index is 12.3. The number of Topliss-reactive ketones (excluding diaryl/α,β-unsaturated/α-hetero) is 1. The first-order valence-electron chi connectivity index (χ1n) is 6.66. The van der Waals surface area contributed by atoms with Crippen molar-refractivity contribution in [3.8, 4) is 0 Å². The lowest BCUT2D eigenvalue weighted by molar-refractivity contribution is -0.150. The van der Waals surface area contributed by atoms with Gasteiger partial charge in [0.1, 0.15) is 17.1 Å². The van der Waals surface area contributed by atoms with E-state index in [0.717, 1.165) is 0 Å². The molecule has 0 radical (unpaired) electrons. The smallest absolute Gasteiger partial charge is 0.352 e. The number of amides is 2. The first kappa shape index (κ1) is 18.3. The molecule has 2 rings (SSSR count). The van der Waals surface area contributed by atoms with E-state index in [1.54, 1.807) is 0 Å². The van der Waals surface area contributed by atoms with Gasteiger partial charge in [0, 0.05) is 11.5 Å². The van der Waals surface area contributed by atoms with Gasteiger partial charge in [0.2, 0.25) is 5.91 Å². The van der Waals surface area contributed by atoms with Crippen LogP contribution in [0.2, 0.25) is 0 Å². The minimum Gasteiger partial charge on any atom is -0.477 e. The second-order valence-corrected chi connectivity index (χ2v) is 7.53. The Balaban J connectivity index is 2.09. The number of alkyl halides is 1. The minimum absolute atomic E-state index is 0.0233. The summed E-state index contributed by atoms with van der Waals surface area (Å²) in [6.45, 7) is 0. The summed E-state index contributed by atoms with van der Waals surface area (Å²) in [4.78, 5) is 48.0. The van der Waals surface area contributed by atoms with Crippen LogP contribution < -0.4 is 5.32 Å². The van der Waals surface area contributed by atoms with E-state index < -0.39 is 29.2 Å². The number of carboxylic acids is 1. The zero-order chi connectivity index (χ0) is 17.1. The highest BCUT2D eigenvalue weighted by atomic mass is 79.9. The van der Waals surface area contributed by atoms with Crippen LogP contribution in [-0.4, -0.2) is 68.1 Å². The number of hydrogen-bond donors (Lipinski definition) is 2. The van der Waals surface area contributed by atoms with Crippen LogP contribution in [0.15, 0.2) is 11.3 Å². The Labute approximate surface area is 149 Å². The van der Waals surface area contributed by atoms with Crippen molar-refractivity contribution < 1.29 is 24.3 Å². The Morgan fingerprint density at radius 2 is 2.17 bits per heavy atom. The van der Waals surface area contributed by atoms with Crippen LogP contribution in [0.3, 0.4) is 0 Å². The van der Waals surface area contributed by atoms with Crippen LogP contribution in [-0.2, 0) is 19.2 Å². The molecule has 10 heteroatoms. The van der Waals surface area contributed by atoms with Crippen molar-refractivity contribution in [2.75, 3.05) is 23.1 Å². The summed E-state index contributed by atoms with van der Waals surface area (Å²) in [5.74, 6) is -1.34. The second kappa shape index (κ2) is 7.71.